The third-order valence-corrected chi connectivity index (χ3v) is 4.42. The summed E-state index contributed by atoms with van der Waals surface area (Å²) in [6.07, 6.45) is 3.75. The van der Waals surface area contributed by atoms with Gasteiger partial charge in [0, 0.05) is 24.3 Å². The van der Waals surface area contributed by atoms with Gasteiger partial charge in [-0.05, 0) is 31.0 Å². The first-order valence-corrected chi connectivity index (χ1v) is 8.82. The molecule has 0 aromatic heterocycles. The first-order chi connectivity index (χ1) is 9.26. The Kier molecular flexibility index (Phi) is 4.39. The molecular formula is C15H23NO3S. The van der Waals surface area contributed by atoms with Gasteiger partial charge >= 0.3 is 0 Å². The highest BCUT2D eigenvalue weighted by atomic mass is 32.2. The van der Waals surface area contributed by atoms with Crippen LogP contribution in [0.25, 0.3) is 0 Å². The minimum atomic E-state index is -3.18. The summed E-state index contributed by atoms with van der Waals surface area (Å²) in [7, 11) is -3.18. The first-order valence-electron chi connectivity index (χ1n) is 6.93. The fourth-order valence-electron chi connectivity index (χ4n) is 1.83. The number of ether oxygens (including phenoxy) is 1. The van der Waals surface area contributed by atoms with Crippen molar-refractivity contribution < 1.29 is 13.2 Å². The average Bonchev–Trinajstić information content (AvgIpc) is 3.18. The summed E-state index contributed by atoms with van der Waals surface area (Å²) >= 11 is 0. The smallest absolute Gasteiger partial charge is 0.175 e. The van der Waals surface area contributed by atoms with Crippen LogP contribution >= 0.6 is 0 Å². The second-order valence-electron chi connectivity index (χ2n) is 6.36. The molecule has 0 radical (unpaired) electrons. The van der Waals surface area contributed by atoms with Gasteiger partial charge in [-0.25, -0.2) is 8.42 Å². The lowest BCUT2D eigenvalue weighted by Gasteiger charge is -2.25. The summed E-state index contributed by atoms with van der Waals surface area (Å²) in [5, 5.41) is 3.49. The predicted octanol–water partition coefficient (Wildman–Crippen LogP) is 2.25. The molecule has 2 rings (SSSR count). The van der Waals surface area contributed by atoms with Gasteiger partial charge < -0.3 is 10.1 Å². The maximum atomic E-state index is 11.5. The number of nitrogens with one attached hydrogen (secondary N) is 1. The van der Waals surface area contributed by atoms with Crippen LogP contribution in [0.3, 0.4) is 0 Å². The Labute approximate surface area is 121 Å². The van der Waals surface area contributed by atoms with Crippen LogP contribution in [-0.4, -0.2) is 33.9 Å². The van der Waals surface area contributed by atoms with Gasteiger partial charge in [0.25, 0.3) is 0 Å². The van der Waals surface area contributed by atoms with Crippen LogP contribution in [-0.2, 0) is 9.84 Å². The number of benzene rings is 1. The van der Waals surface area contributed by atoms with Crippen LogP contribution < -0.4 is 10.1 Å². The van der Waals surface area contributed by atoms with Crippen LogP contribution in [0.1, 0.15) is 26.7 Å². The summed E-state index contributed by atoms with van der Waals surface area (Å²) in [5.74, 6) is 0.604. The fourth-order valence-corrected chi connectivity index (χ4v) is 2.49. The van der Waals surface area contributed by atoms with Crippen molar-refractivity contribution in [3.05, 3.63) is 24.3 Å². The molecule has 0 bridgehead atoms. The molecule has 5 heteroatoms. The van der Waals surface area contributed by atoms with Crippen molar-refractivity contribution in [3.8, 4) is 5.75 Å². The zero-order chi connectivity index (χ0) is 14.8. The molecule has 0 saturated heterocycles. The van der Waals surface area contributed by atoms with E-state index in [1.54, 1.807) is 24.3 Å². The average molecular weight is 297 g/mol. The van der Waals surface area contributed by atoms with Crippen LogP contribution in [0.2, 0.25) is 0 Å². The van der Waals surface area contributed by atoms with E-state index < -0.39 is 9.84 Å². The van der Waals surface area contributed by atoms with Crippen LogP contribution in [0.5, 0.6) is 5.75 Å². The quantitative estimate of drug-likeness (QED) is 0.838. The molecule has 1 N–H and O–H groups in total. The van der Waals surface area contributed by atoms with Gasteiger partial charge in [0.15, 0.2) is 9.84 Å². The van der Waals surface area contributed by atoms with Gasteiger partial charge in [-0.1, -0.05) is 19.9 Å². The maximum Gasteiger partial charge on any atom is 0.175 e. The molecular weight excluding hydrogens is 274 g/mol. The highest BCUT2D eigenvalue weighted by Crippen LogP contribution is 2.23. The molecule has 1 aromatic rings. The molecule has 1 saturated carbocycles. The number of hydrogen-bond donors (Lipinski definition) is 1. The maximum absolute atomic E-state index is 11.5. The van der Waals surface area contributed by atoms with E-state index in [2.05, 4.69) is 19.2 Å². The topological polar surface area (TPSA) is 55.4 Å². The zero-order valence-corrected chi connectivity index (χ0v) is 13.2. The lowest BCUT2D eigenvalue weighted by atomic mass is 9.95. The van der Waals surface area contributed by atoms with E-state index in [1.165, 1.54) is 19.1 Å². The monoisotopic (exact) mass is 297 g/mol. The normalized spacial score (nSPS) is 16.1. The van der Waals surface area contributed by atoms with Crippen molar-refractivity contribution in [3.63, 3.8) is 0 Å². The molecule has 0 aliphatic heterocycles. The molecule has 112 valence electrons. The summed E-state index contributed by atoms with van der Waals surface area (Å²) in [4.78, 5) is 0.295. The van der Waals surface area contributed by atoms with Crippen molar-refractivity contribution in [2.75, 3.05) is 19.4 Å². The van der Waals surface area contributed by atoms with E-state index in [9.17, 15) is 8.42 Å². The van der Waals surface area contributed by atoms with Crippen molar-refractivity contribution in [2.24, 2.45) is 5.41 Å². The Bertz CT molecular complexity index is 562. The minimum absolute atomic E-state index is 0.0175. The molecule has 4 nitrogen and oxygen atoms in total. The molecule has 0 spiro atoms. The standard InChI is InChI=1S/C15H23NO3S/c1-15(2,10-16-12-7-8-12)11-19-13-5-4-6-14(9-13)20(3,17)18/h4-6,9,12,16H,7-8,10-11H2,1-3H3. The molecule has 0 amide bonds. The molecule has 0 heterocycles. The molecule has 1 aliphatic carbocycles. The molecule has 0 unspecified atom stereocenters. The van der Waals surface area contributed by atoms with Crippen LogP contribution in [0.15, 0.2) is 29.2 Å². The van der Waals surface area contributed by atoms with Gasteiger partial charge in [0.1, 0.15) is 5.75 Å². The Balaban J connectivity index is 1.92. The van der Waals surface area contributed by atoms with Gasteiger partial charge in [-0.3, -0.25) is 0 Å². The van der Waals surface area contributed by atoms with Crippen molar-refractivity contribution in [2.45, 2.75) is 37.6 Å². The lowest BCUT2D eigenvalue weighted by molar-refractivity contribution is 0.175. The van der Waals surface area contributed by atoms with Crippen molar-refractivity contribution in [1.29, 1.82) is 0 Å². The van der Waals surface area contributed by atoms with E-state index in [1.807, 2.05) is 0 Å². The highest BCUT2D eigenvalue weighted by molar-refractivity contribution is 7.90. The predicted molar refractivity (Wildman–Crippen MR) is 79.9 cm³/mol. The Morgan fingerprint density at radius 2 is 2.05 bits per heavy atom. The summed E-state index contributed by atoms with van der Waals surface area (Å²) in [5.41, 5.74) is 0.0175. The summed E-state index contributed by atoms with van der Waals surface area (Å²) in [6, 6.07) is 7.35. The molecule has 20 heavy (non-hydrogen) atoms. The highest BCUT2D eigenvalue weighted by Gasteiger charge is 2.25. The minimum Gasteiger partial charge on any atom is -0.493 e. The fraction of sp³-hybridized carbons (Fsp3) is 0.600. The van der Waals surface area contributed by atoms with Gasteiger partial charge in [0.05, 0.1) is 11.5 Å². The van der Waals surface area contributed by atoms with E-state index in [-0.39, 0.29) is 5.41 Å². The summed E-state index contributed by atoms with van der Waals surface area (Å²) < 4.78 is 28.8. The SMILES string of the molecule is CC(C)(CNC1CC1)COc1cccc(S(C)(=O)=O)c1. The van der Waals surface area contributed by atoms with Gasteiger partial charge in [0.2, 0.25) is 0 Å². The lowest BCUT2D eigenvalue weighted by Crippen LogP contribution is -2.35. The zero-order valence-electron chi connectivity index (χ0n) is 12.3. The summed E-state index contributed by atoms with van der Waals surface area (Å²) in [6.45, 7) is 5.74. The molecule has 1 aromatic carbocycles. The Morgan fingerprint density at radius 3 is 2.65 bits per heavy atom. The number of sulfone groups is 1. The van der Waals surface area contributed by atoms with E-state index >= 15 is 0 Å². The number of hydrogen-bond acceptors (Lipinski definition) is 4. The first kappa shape index (κ1) is 15.3. The van der Waals surface area contributed by atoms with Crippen LogP contribution in [0.4, 0.5) is 0 Å². The molecule has 0 atom stereocenters. The van der Waals surface area contributed by atoms with E-state index in [0.29, 0.717) is 23.3 Å². The second-order valence-corrected chi connectivity index (χ2v) is 8.37. The Hall–Kier alpha value is -1.07. The van der Waals surface area contributed by atoms with E-state index in [0.717, 1.165) is 6.54 Å². The van der Waals surface area contributed by atoms with E-state index in [4.69, 9.17) is 4.74 Å². The Morgan fingerprint density at radius 1 is 1.35 bits per heavy atom. The van der Waals surface area contributed by atoms with Crippen LogP contribution in [0, 0.1) is 5.41 Å². The molecule has 1 fully saturated rings. The largest absolute Gasteiger partial charge is 0.493 e. The second kappa shape index (κ2) is 5.74. The van der Waals surface area contributed by atoms with Gasteiger partial charge in [-0.2, -0.15) is 0 Å². The third-order valence-electron chi connectivity index (χ3n) is 3.31. The van der Waals surface area contributed by atoms with Crippen molar-refractivity contribution in [1.82, 2.24) is 5.32 Å². The molecule has 1 aliphatic rings. The van der Waals surface area contributed by atoms with Gasteiger partial charge in [-0.15, -0.1) is 0 Å². The van der Waals surface area contributed by atoms with Crippen molar-refractivity contribution >= 4 is 9.84 Å². The third kappa shape index (κ3) is 4.80. The number of rotatable bonds is 7.